The third-order valence-electron chi connectivity index (χ3n) is 6.87. The Morgan fingerprint density at radius 3 is 2.39 bits per heavy atom. The molecule has 1 aliphatic heterocycles. The van der Waals surface area contributed by atoms with Gasteiger partial charge in [0, 0.05) is 69.4 Å². The van der Waals surface area contributed by atoms with Crippen molar-refractivity contribution in [1.82, 2.24) is 19.9 Å². The van der Waals surface area contributed by atoms with E-state index in [2.05, 4.69) is 27.3 Å². The van der Waals surface area contributed by atoms with E-state index in [1.807, 2.05) is 54.5 Å². The zero-order chi connectivity index (χ0) is 26.6. The summed E-state index contributed by atoms with van der Waals surface area (Å²) < 4.78 is 11.0. The highest BCUT2D eigenvalue weighted by Gasteiger charge is 2.22. The maximum atomic E-state index is 11.9. The van der Waals surface area contributed by atoms with Gasteiger partial charge in [-0.05, 0) is 48.4 Å². The van der Waals surface area contributed by atoms with Crippen molar-refractivity contribution in [3.05, 3.63) is 66.1 Å². The molecule has 0 aliphatic carbocycles. The van der Waals surface area contributed by atoms with E-state index in [4.69, 9.17) is 19.4 Å². The van der Waals surface area contributed by atoms with Gasteiger partial charge in [-0.25, -0.2) is 4.98 Å². The number of nitrogens with zero attached hydrogens (tertiary/aromatic N) is 5. The fraction of sp³-hybridized carbons (Fsp3) is 0.310. The molecule has 4 heterocycles. The maximum absolute atomic E-state index is 11.9. The molecule has 9 heteroatoms. The molecule has 1 amide bonds. The Labute approximate surface area is 222 Å². The highest BCUT2D eigenvalue weighted by Crippen LogP contribution is 2.37. The third kappa shape index (κ3) is 5.18. The predicted octanol–water partition coefficient (Wildman–Crippen LogP) is 4.30. The van der Waals surface area contributed by atoms with Gasteiger partial charge in [-0.15, -0.1) is 0 Å². The fourth-order valence-electron chi connectivity index (χ4n) is 4.80. The van der Waals surface area contributed by atoms with Crippen LogP contribution in [0.5, 0.6) is 11.5 Å². The zero-order valence-electron chi connectivity index (χ0n) is 22.2. The first-order valence-corrected chi connectivity index (χ1v) is 12.6. The van der Waals surface area contributed by atoms with Crippen molar-refractivity contribution in [3.63, 3.8) is 0 Å². The second-order valence-electron chi connectivity index (χ2n) is 9.31. The Morgan fingerprint density at radius 2 is 1.68 bits per heavy atom. The van der Waals surface area contributed by atoms with Gasteiger partial charge in [-0.3, -0.25) is 14.8 Å². The van der Waals surface area contributed by atoms with Crippen molar-refractivity contribution in [2.24, 2.45) is 0 Å². The number of hydrogen-bond acceptors (Lipinski definition) is 8. The smallest absolute Gasteiger partial charge is 0.219 e. The Balaban J connectivity index is 1.58. The summed E-state index contributed by atoms with van der Waals surface area (Å²) in [6, 6.07) is 14.0. The van der Waals surface area contributed by atoms with E-state index in [-0.39, 0.29) is 5.91 Å². The average molecular weight is 513 g/mol. The van der Waals surface area contributed by atoms with Crippen LogP contribution >= 0.6 is 0 Å². The van der Waals surface area contributed by atoms with Crippen LogP contribution in [-0.2, 0) is 11.3 Å². The number of piperazine rings is 1. The lowest BCUT2D eigenvalue weighted by molar-refractivity contribution is -0.129. The second-order valence-corrected chi connectivity index (χ2v) is 9.31. The van der Waals surface area contributed by atoms with E-state index >= 15 is 0 Å². The van der Waals surface area contributed by atoms with Crippen LogP contribution in [0.2, 0.25) is 0 Å². The monoisotopic (exact) mass is 512 g/mol. The molecule has 1 aromatic carbocycles. The Morgan fingerprint density at radius 1 is 0.921 bits per heavy atom. The number of methoxy groups -OCH3 is 2. The topological polar surface area (TPSA) is 92.7 Å². The van der Waals surface area contributed by atoms with Gasteiger partial charge in [0.1, 0.15) is 16.9 Å². The number of hydrogen-bond donors (Lipinski definition) is 1. The minimum Gasteiger partial charge on any atom is -0.493 e. The number of aromatic nitrogens is 3. The molecule has 5 rings (SSSR count). The summed E-state index contributed by atoms with van der Waals surface area (Å²) in [6.07, 6.45) is 3.63. The van der Waals surface area contributed by atoms with Gasteiger partial charge < -0.3 is 24.6 Å². The number of aryl methyl sites for hydroxylation is 1. The molecule has 0 unspecified atom stereocenters. The number of nitrogens with one attached hydrogen (secondary N) is 1. The molecule has 0 bridgehead atoms. The number of benzene rings is 1. The Bertz CT molecular complexity index is 1470. The van der Waals surface area contributed by atoms with Crippen LogP contribution in [-0.4, -0.2) is 66.2 Å². The van der Waals surface area contributed by atoms with Gasteiger partial charge in [0.05, 0.1) is 19.9 Å². The Hall–Kier alpha value is -4.40. The molecule has 9 nitrogen and oxygen atoms in total. The molecule has 1 saturated heterocycles. The van der Waals surface area contributed by atoms with Crippen molar-refractivity contribution in [2.45, 2.75) is 20.4 Å². The molecular weight excluding hydrogens is 480 g/mol. The number of rotatable bonds is 7. The summed E-state index contributed by atoms with van der Waals surface area (Å²) in [6.45, 7) is 7.00. The summed E-state index contributed by atoms with van der Waals surface area (Å²) >= 11 is 0. The number of ether oxygens (including phenoxy) is 2. The Kier molecular flexibility index (Phi) is 7.26. The zero-order valence-corrected chi connectivity index (χ0v) is 22.2. The number of amides is 1. The molecule has 0 radical (unpaired) electrons. The van der Waals surface area contributed by atoms with Crippen molar-refractivity contribution in [1.29, 1.82) is 0 Å². The molecule has 0 atom stereocenters. The van der Waals surface area contributed by atoms with Crippen LogP contribution in [0.25, 0.3) is 22.2 Å². The first kappa shape index (κ1) is 25.3. The molecule has 1 fully saturated rings. The molecule has 3 aromatic heterocycles. The fourth-order valence-corrected chi connectivity index (χ4v) is 4.80. The SMILES string of the molecule is COc1ccc(-c2ccnc3c(NCc4ccnc(C)c4)cc(N4CCN(C(C)=O)CC4)nc23)cc1OC. The quantitative estimate of drug-likeness (QED) is 0.392. The summed E-state index contributed by atoms with van der Waals surface area (Å²) in [7, 11) is 3.26. The van der Waals surface area contributed by atoms with Crippen LogP contribution in [0.3, 0.4) is 0 Å². The normalized spacial score (nSPS) is 13.5. The van der Waals surface area contributed by atoms with Gasteiger partial charge >= 0.3 is 0 Å². The number of fused-ring (bicyclic) bond motifs is 1. The summed E-state index contributed by atoms with van der Waals surface area (Å²) in [4.78, 5) is 30.1. The van der Waals surface area contributed by atoms with Crippen LogP contribution < -0.4 is 19.7 Å². The maximum Gasteiger partial charge on any atom is 0.219 e. The van der Waals surface area contributed by atoms with Crippen molar-refractivity contribution >= 4 is 28.4 Å². The van der Waals surface area contributed by atoms with E-state index in [1.54, 1.807) is 21.1 Å². The minimum absolute atomic E-state index is 0.103. The molecule has 4 aromatic rings. The second kappa shape index (κ2) is 10.9. The van der Waals surface area contributed by atoms with Crippen molar-refractivity contribution in [2.75, 3.05) is 50.6 Å². The van der Waals surface area contributed by atoms with Crippen molar-refractivity contribution < 1.29 is 14.3 Å². The summed E-state index contributed by atoms with van der Waals surface area (Å²) in [5.41, 5.74) is 6.49. The molecule has 38 heavy (non-hydrogen) atoms. The number of anilines is 2. The average Bonchev–Trinajstić information content (AvgIpc) is 2.95. The van der Waals surface area contributed by atoms with Crippen LogP contribution in [0.4, 0.5) is 11.5 Å². The minimum atomic E-state index is 0.103. The van der Waals surface area contributed by atoms with E-state index in [0.717, 1.165) is 44.9 Å². The number of carbonyl (C=O) groups excluding carboxylic acids is 1. The predicted molar refractivity (Wildman–Crippen MR) is 149 cm³/mol. The van der Waals surface area contributed by atoms with E-state index < -0.39 is 0 Å². The van der Waals surface area contributed by atoms with Crippen molar-refractivity contribution in [3.8, 4) is 22.6 Å². The standard InChI is InChI=1S/C29H32N6O3/c1-19-15-21(7-9-30-19)18-32-24-17-27(35-13-11-34(12-14-35)20(2)36)33-28-23(8-10-31-29(24)28)22-5-6-25(37-3)26(16-22)38-4/h5-10,15-17H,11-14,18H2,1-4H3,(H,32,33). The van der Waals surface area contributed by atoms with E-state index in [1.165, 1.54) is 0 Å². The number of pyridine rings is 3. The van der Waals surface area contributed by atoms with Gasteiger partial charge in [-0.2, -0.15) is 0 Å². The highest BCUT2D eigenvalue weighted by molar-refractivity contribution is 5.99. The molecular formula is C29H32N6O3. The van der Waals surface area contributed by atoms with Crippen LogP contribution in [0.15, 0.2) is 54.9 Å². The molecule has 0 saturated carbocycles. The van der Waals surface area contributed by atoms with Gasteiger partial charge in [-0.1, -0.05) is 6.07 Å². The first-order valence-electron chi connectivity index (χ1n) is 12.6. The largest absolute Gasteiger partial charge is 0.493 e. The van der Waals surface area contributed by atoms with E-state index in [9.17, 15) is 4.79 Å². The van der Waals surface area contributed by atoms with Crippen LogP contribution in [0.1, 0.15) is 18.2 Å². The van der Waals surface area contributed by atoms with Crippen LogP contribution in [0, 0.1) is 6.92 Å². The van der Waals surface area contributed by atoms with Gasteiger partial charge in [0.15, 0.2) is 11.5 Å². The molecule has 1 N–H and O–H groups in total. The highest BCUT2D eigenvalue weighted by atomic mass is 16.5. The van der Waals surface area contributed by atoms with Gasteiger partial charge in [0.2, 0.25) is 5.91 Å². The summed E-state index contributed by atoms with van der Waals surface area (Å²) in [5, 5.41) is 3.59. The molecule has 0 spiro atoms. The third-order valence-corrected chi connectivity index (χ3v) is 6.87. The lowest BCUT2D eigenvalue weighted by Gasteiger charge is -2.35. The molecule has 196 valence electrons. The van der Waals surface area contributed by atoms with Gasteiger partial charge in [0.25, 0.3) is 0 Å². The first-order chi connectivity index (χ1) is 18.5. The molecule has 1 aliphatic rings. The summed E-state index contributed by atoms with van der Waals surface area (Å²) in [5.74, 6) is 2.27. The number of carbonyl (C=O) groups is 1. The lowest BCUT2D eigenvalue weighted by atomic mass is 10.0. The lowest BCUT2D eigenvalue weighted by Crippen LogP contribution is -2.48. The van der Waals surface area contributed by atoms with E-state index in [0.29, 0.717) is 44.2 Å².